The molecule has 1 saturated carbocycles. The molecule has 1 aliphatic carbocycles. The number of aliphatic hydroxyl groups excluding tert-OH is 1. The maximum absolute atomic E-state index is 10.6. The highest BCUT2D eigenvalue weighted by Crippen LogP contribution is 2.33. The summed E-state index contributed by atoms with van der Waals surface area (Å²) in [5, 5.41) is 22.1. The van der Waals surface area contributed by atoms with Crippen molar-refractivity contribution >= 4 is 16.6 Å². The highest BCUT2D eigenvalue weighted by atomic mass is 16.3. The monoisotopic (exact) mass is 286 g/mol. The summed E-state index contributed by atoms with van der Waals surface area (Å²) in [6.45, 7) is 0.587. The van der Waals surface area contributed by atoms with Crippen LogP contribution in [-0.4, -0.2) is 34.4 Å². The first-order valence-electron chi connectivity index (χ1n) is 7.54. The number of aromatic nitrogens is 1. The van der Waals surface area contributed by atoms with E-state index in [0.717, 1.165) is 47.8 Å². The Morgan fingerprint density at radius 3 is 2.52 bits per heavy atom. The van der Waals surface area contributed by atoms with E-state index in [1.165, 1.54) is 0 Å². The Bertz CT molecular complexity index is 636. The first kappa shape index (κ1) is 14.3. The third kappa shape index (κ3) is 2.74. The zero-order valence-electron chi connectivity index (χ0n) is 12.4. The third-order valence-electron chi connectivity index (χ3n) is 4.45. The van der Waals surface area contributed by atoms with Gasteiger partial charge in [0.1, 0.15) is 5.82 Å². The molecular weight excluding hydrogens is 264 g/mol. The Morgan fingerprint density at radius 2 is 1.86 bits per heavy atom. The van der Waals surface area contributed by atoms with E-state index in [0.29, 0.717) is 6.54 Å². The van der Waals surface area contributed by atoms with Crippen LogP contribution in [0.1, 0.15) is 31.2 Å². The van der Waals surface area contributed by atoms with E-state index in [1.807, 2.05) is 36.2 Å². The molecule has 0 atom stereocenters. The molecule has 1 aliphatic rings. The molecule has 112 valence electrons. The summed E-state index contributed by atoms with van der Waals surface area (Å²) >= 11 is 0. The fraction of sp³-hybridized carbons (Fsp3) is 0.471. The first-order chi connectivity index (χ1) is 10.1. The van der Waals surface area contributed by atoms with E-state index in [4.69, 9.17) is 0 Å². The molecule has 0 unspecified atom stereocenters. The normalized spacial score (nSPS) is 17.3. The van der Waals surface area contributed by atoms with E-state index >= 15 is 0 Å². The summed E-state index contributed by atoms with van der Waals surface area (Å²) in [6, 6.07) is 7.97. The van der Waals surface area contributed by atoms with Crippen LogP contribution in [0.4, 0.5) is 5.82 Å². The summed E-state index contributed by atoms with van der Waals surface area (Å²) < 4.78 is 0. The van der Waals surface area contributed by atoms with Crippen LogP contribution in [0, 0.1) is 0 Å². The van der Waals surface area contributed by atoms with Gasteiger partial charge in [-0.25, -0.2) is 4.98 Å². The molecule has 1 heterocycles. The molecule has 0 amide bonds. The van der Waals surface area contributed by atoms with Crippen molar-refractivity contribution in [2.75, 3.05) is 18.5 Å². The van der Waals surface area contributed by atoms with Gasteiger partial charge in [-0.1, -0.05) is 37.1 Å². The van der Waals surface area contributed by atoms with Gasteiger partial charge in [0.15, 0.2) is 0 Å². The number of likely N-dealkylation sites (N-methyl/N-ethyl adjacent to an activating group) is 1. The summed E-state index contributed by atoms with van der Waals surface area (Å²) in [6.07, 6.45) is 5.66. The maximum atomic E-state index is 10.6. The maximum Gasteiger partial charge on any atom is 0.136 e. The number of fused-ring (bicyclic) bond motifs is 1. The molecule has 2 aromatic rings. The lowest BCUT2D eigenvalue weighted by Crippen LogP contribution is -2.39. The number of pyridine rings is 1. The number of aliphatic hydroxyl groups is 2. The largest absolute Gasteiger partial charge is 0.392 e. The Kier molecular flexibility index (Phi) is 3.83. The second kappa shape index (κ2) is 5.62. The van der Waals surface area contributed by atoms with Gasteiger partial charge in [0.25, 0.3) is 0 Å². The topological polar surface area (TPSA) is 56.6 Å². The highest BCUT2D eigenvalue weighted by molar-refractivity contribution is 5.94. The average molecular weight is 286 g/mol. The fourth-order valence-electron chi connectivity index (χ4n) is 3.37. The van der Waals surface area contributed by atoms with Crippen LogP contribution in [0.25, 0.3) is 10.8 Å². The third-order valence-corrected chi connectivity index (χ3v) is 4.45. The number of anilines is 1. The number of hydrogen-bond donors (Lipinski definition) is 2. The second-order valence-electron chi connectivity index (χ2n) is 6.10. The van der Waals surface area contributed by atoms with Crippen LogP contribution in [0.2, 0.25) is 0 Å². The van der Waals surface area contributed by atoms with Crippen molar-refractivity contribution in [1.29, 1.82) is 0 Å². The molecule has 4 nitrogen and oxygen atoms in total. The number of hydrogen-bond acceptors (Lipinski definition) is 4. The van der Waals surface area contributed by atoms with E-state index in [1.54, 1.807) is 6.20 Å². The average Bonchev–Trinajstić information content (AvgIpc) is 2.92. The van der Waals surface area contributed by atoms with Crippen molar-refractivity contribution in [2.24, 2.45) is 0 Å². The van der Waals surface area contributed by atoms with Gasteiger partial charge in [-0.15, -0.1) is 0 Å². The van der Waals surface area contributed by atoms with Crippen LogP contribution in [0.3, 0.4) is 0 Å². The van der Waals surface area contributed by atoms with Crippen molar-refractivity contribution in [3.8, 4) is 0 Å². The fourth-order valence-corrected chi connectivity index (χ4v) is 3.37. The van der Waals surface area contributed by atoms with Gasteiger partial charge in [-0.05, 0) is 18.2 Å². The van der Waals surface area contributed by atoms with Gasteiger partial charge < -0.3 is 15.1 Å². The minimum atomic E-state index is -0.590. The molecule has 3 rings (SSSR count). The predicted octanol–water partition coefficient (Wildman–Crippen LogP) is 2.47. The quantitative estimate of drug-likeness (QED) is 0.906. The van der Waals surface area contributed by atoms with Gasteiger partial charge >= 0.3 is 0 Å². The zero-order chi connectivity index (χ0) is 14.9. The lowest BCUT2D eigenvalue weighted by Gasteiger charge is -2.30. The minimum Gasteiger partial charge on any atom is -0.392 e. The van der Waals surface area contributed by atoms with E-state index in [9.17, 15) is 10.2 Å². The second-order valence-corrected chi connectivity index (χ2v) is 6.10. The van der Waals surface area contributed by atoms with Crippen LogP contribution in [0.15, 0.2) is 30.5 Å². The lowest BCUT2D eigenvalue weighted by molar-refractivity contribution is 0.0558. The zero-order valence-corrected chi connectivity index (χ0v) is 12.4. The summed E-state index contributed by atoms with van der Waals surface area (Å²) in [5.74, 6) is 0.864. The molecule has 1 fully saturated rings. The van der Waals surface area contributed by atoms with E-state index < -0.39 is 5.60 Å². The Morgan fingerprint density at radius 1 is 1.19 bits per heavy atom. The van der Waals surface area contributed by atoms with Crippen LogP contribution >= 0.6 is 0 Å². The smallest absolute Gasteiger partial charge is 0.136 e. The summed E-state index contributed by atoms with van der Waals surface area (Å²) in [4.78, 5) is 6.54. The van der Waals surface area contributed by atoms with Gasteiger partial charge in [0.2, 0.25) is 0 Å². The number of nitrogens with zero attached hydrogens (tertiary/aromatic N) is 2. The number of benzene rings is 1. The van der Waals surface area contributed by atoms with Crippen LogP contribution < -0.4 is 4.90 Å². The molecule has 0 bridgehead atoms. The van der Waals surface area contributed by atoms with Crippen molar-refractivity contribution in [1.82, 2.24) is 4.98 Å². The Labute approximate surface area is 125 Å². The van der Waals surface area contributed by atoms with Gasteiger partial charge in [0, 0.05) is 30.7 Å². The molecule has 4 heteroatoms. The van der Waals surface area contributed by atoms with Crippen LogP contribution in [0.5, 0.6) is 0 Å². The summed E-state index contributed by atoms with van der Waals surface area (Å²) in [7, 11) is 1.98. The van der Waals surface area contributed by atoms with Gasteiger partial charge in [-0.2, -0.15) is 0 Å². The molecular formula is C17H22N2O2. The number of rotatable bonds is 4. The molecule has 0 radical (unpaired) electrons. The molecule has 0 aliphatic heterocycles. The molecule has 2 N–H and O–H groups in total. The lowest BCUT2D eigenvalue weighted by atomic mass is 10.0. The Balaban J connectivity index is 1.96. The van der Waals surface area contributed by atoms with Crippen LogP contribution in [-0.2, 0) is 6.61 Å². The molecule has 21 heavy (non-hydrogen) atoms. The first-order valence-corrected chi connectivity index (χ1v) is 7.54. The highest BCUT2D eigenvalue weighted by Gasteiger charge is 2.32. The molecule has 0 saturated heterocycles. The minimum absolute atomic E-state index is 0.0125. The Hall–Kier alpha value is -1.65. The van der Waals surface area contributed by atoms with Crippen molar-refractivity contribution in [2.45, 2.75) is 37.9 Å². The van der Waals surface area contributed by atoms with Gasteiger partial charge in [0.05, 0.1) is 12.2 Å². The van der Waals surface area contributed by atoms with Crippen molar-refractivity contribution in [3.05, 3.63) is 36.0 Å². The summed E-state index contributed by atoms with van der Waals surface area (Å²) in [5.41, 5.74) is 0.245. The molecule has 1 aromatic carbocycles. The molecule has 0 spiro atoms. The SMILES string of the molecule is CN(CC1(O)CCCC1)c1ncc(CO)c2ccccc12. The predicted molar refractivity (Wildman–Crippen MR) is 84.4 cm³/mol. The van der Waals surface area contributed by atoms with Crippen molar-refractivity contribution < 1.29 is 10.2 Å². The van der Waals surface area contributed by atoms with Crippen molar-refractivity contribution in [3.63, 3.8) is 0 Å². The van der Waals surface area contributed by atoms with E-state index in [-0.39, 0.29) is 6.61 Å². The molecule has 1 aromatic heterocycles. The standard InChI is InChI=1S/C17H22N2O2/c1-19(12-17(21)8-4-5-9-17)16-15-7-3-2-6-14(15)13(11-20)10-18-16/h2-3,6-7,10,20-21H,4-5,8-9,11-12H2,1H3. The van der Waals surface area contributed by atoms with E-state index in [2.05, 4.69) is 4.98 Å². The van der Waals surface area contributed by atoms with Gasteiger partial charge in [-0.3, -0.25) is 0 Å².